The molecule has 2 aliphatic rings. The van der Waals surface area contributed by atoms with Crippen molar-refractivity contribution in [3.05, 3.63) is 188 Å². The van der Waals surface area contributed by atoms with Gasteiger partial charge in [0.25, 0.3) is 0 Å². The van der Waals surface area contributed by atoms with Crippen LogP contribution in [0.15, 0.2) is 182 Å². The number of pyridine rings is 1. The summed E-state index contributed by atoms with van der Waals surface area (Å²) < 4.78 is 12.5. The topological polar surface area (TPSA) is 37.8 Å². The summed E-state index contributed by atoms with van der Waals surface area (Å²) >= 11 is 0. The van der Waals surface area contributed by atoms with Crippen LogP contribution >= 0.6 is 0 Å². The Balaban J connectivity index is 1.04. The Bertz CT molecular complexity index is 2380. The minimum Gasteiger partial charge on any atom is -0.453 e. The van der Waals surface area contributed by atoms with Crippen LogP contribution < -0.4 is 19.3 Å². The third-order valence-corrected chi connectivity index (χ3v) is 9.92. The summed E-state index contributed by atoms with van der Waals surface area (Å²) in [6.07, 6.45) is 0. The average Bonchev–Trinajstić information content (AvgIpc) is 3.22. The number of benzene rings is 7. The maximum atomic E-state index is 6.25. The molecule has 0 amide bonds. The number of anilines is 6. The number of aryl methyl sites for hydroxylation is 1. The van der Waals surface area contributed by atoms with Gasteiger partial charge in [0.1, 0.15) is 0 Å². The van der Waals surface area contributed by atoms with Crippen LogP contribution in [0.25, 0.3) is 33.6 Å². The number of hydrogen-bond donors (Lipinski definition) is 0. The molecule has 0 fully saturated rings. The van der Waals surface area contributed by atoms with E-state index in [4.69, 9.17) is 14.5 Å². The van der Waals surface area contributed by atoms with E-state index in [0.29, 0.717) is 0 Å². The zero-order chi connectivity index (χ0) is 35.3. The molecule has 53 heavy (non-hydrogen) atoms. The van der Waals surface area contributed by atoms with Gasteiger partial charge in [-0.3, -0.25) is 0 Å². The Morgan fingerprint density at radius 1 is 0.358 bits per heavy atom. The van der Waals surface area contributed by atoms with Gasteiger partial charge in [-0.1, -0.05) is 103 Å². The number of para-hydroxylation sites is 8. The maximum Gasteiger partial charge on any atom is 0.151 e. The summed E-state index contributed by atoms with van der Waals surface area (Å²) in [6.45, 7) is 2.12. The molecule has 0 atom stereocenters. The monoisotopic (exact) mass is 683 g/mol. The SMILES string of the molecule is Cc1ccc(-c2cc(-c3ccc(N4c5ccccc5Oc5ccccc54)cc3)nc(-c3ccc(N4c5ccccc5Oc5ccccc54)cc3)c2)cc1. The summed E-state index contributed by atoms with van der Waals surface area (Å²) in [5, 5.41) is 0. The fourth-order valence-corrected chi connectivity index (χ4v) is 7.27. The van der Waals surface area contributed by atoms with Crippen molar-refractivity contribution in [1.29, 1.82) is 0 Å². The molecule has 3 heterocycles. The molecule has 1 aromatic heterocycles. The molecule has 0 spiro atoms. The molecule has 0 aliphatic carbocycles. The van der Waals surface area contributed by atoms with Gasteiger partial charge in [0.2, 0.25) is 0 Å². The van der Waals surface area contributed by atoms with E-state index >= 15 is 0 Å². The Morgan fingerprint density at radius 3 is 1.08 bits per heavy atom. The van der Waals surface area contributed by atoms with Gasteiger partial charge in [-0.05, 0) is 103 Å². The Labute approximate surface area is 308 Å². The standard InChI is InChI=1S/C48H33N3O2/c1-32-18-20-33(21-19-32)36-30-39(34-22-26-37(27-23-34)50-41-10-2-6-14-45(41)52-46-15-7-3-11-42(46)50)49-40(31-36)35-24-28-38(29-25-35)51-43-12-4-8-16-47(43)53-48-17-9-5-13-44(48)51/h2-31H,1H3. The molecule has 0 radical (unpaired) electrons. The van der Waals surface area contributed by atoms with Gasteiger partial charge in [-0.2, -0.15) is 0 Å². The molecule has 10 rings (SSSR count). The lowest BCUT2D eigenvalue weighted by atomic mass is 9.99. The molecule has 0 saturated carbocycles. The molecular weight excluding hydrogens is 651 g/mol. The fourth-order valence-electron chi connectivity index (χ4n) is 7.27. The second-order valence-electron chi connectivity index (χ2n) is 13.3. The Morgan fingerprint density at radius 2 is 0.698 bits per heavy atom. The van der Waals surface area contributed by atoms with Crippen molar-refractivity contribution in [3.8, 4) is 56.6 Å². The lowest BCUT2D eigenvalue weighted by Gasteiger charge is -2.32. The number of ether oxygens (including phenoxy) is 2. The van der Waals surface area contributed by atoms with Gasteiger partial charge >= 0.3 is 0 Å². The molecule has 0 bridgehead atoms. The van der Waals surface area contributed by atoms with Crippen LogP contribution in [-0.4, -0.2) is 4.98 Å². The van der Waals surface area contributed by atoms with Crippen LogP contribution in [0.4, 0.5) is 34.1 Å². The molecular formula is C48H33N3O2. The van der Waals surface area contributed by atoms with E-state index in [-0.39, 0.29) is 0 Å². The highest BCUT2D eigenvalue weighted by Gasteiger charge is 2.26. The summed E-state index contributed by atoms with van der Waals surface area (Å²) in [7, 11) is 0. The number of rotatable bonds is 5. The molecule has 8 aromatic rings. The first kappa shape index (κ1) is 30.7. The molecule has 2 aliphatic heterocycles. The first-order chi connectivity index (χ1) is 26.2. The van der Waals surface area contributed by atoms with Gasteiger partial charge in [-0.15, -0.1) is 0 Å². The largest absolute Gasteiger partial charge is 0.453 e. The second-order valence-corrected chi connectivity index (χ2v) is 13.3. The highest BCUT2D eigenvalue weighted by Crippen LogP contribution is 2.51. The third-order valence-electron chi connectivity index (χ3n) is 9.92. The molecule has 7 aromatic carbocycles. The van der Waals surface area contributed by atoms with E-state index in [9.17, 15) is 0 Å². The Hall–Kier alpha value is -7.11. The minimum absolute atomic E-state index is 0.834. The maximum absolute atomic E-state index is 6.25. The summed E-state index contributed by atoms with van der Waals surface area (Å²) in [6, 6.07) is 63.1. The Kier molecular flexibility index (Phi) is 7.29. The first-order valence-electron chi connectivity index (χ1n) is 17.8. The van der Waals surface area contributed by atoms with Crippen LogP contribution in [0.2, 0.25) is 0 Å². The quantitative estimate of drug-likeness (QED) is 0.180. The smallest absolute Gasteiger partial charge is 0.151 e. The van der Waals surface area contributed by atoms with Gasteiger partial charge in [0.05, 0.1) is 34.1 Å². The van der Waals surface area contributed by atoms with E-state index in [1.165, 1.54) is 5.56 Å². The zero-order valence-corrected chi connectivity index (χ0v) is 29.0. The normalized spacial score (nSPS) is 12.5. The summed E-state index contributed by atoms with van der Waals surface area (Å²) in [5.74, 6) is 3.33. The van der Waals surface area contributed by atoms with Crippen LogP contribution in [0.3, 0.4) is 0 Å². The summed E-state index contributed by atoms with van der Waals surface area (Å²) in [4.78, 5) is 9.79. The average molecular weight is 684 g/mol. The van der Waals surface area contributed by atoms with Crippen LogP contribution in [-0.2, 0) is 0 Å². The predicted molar refractivity (Wildman–Crippen MR) is 215 cm³/mol. The molecule has 0 N–H and O–H groups in total. The van der Waals surface area contributed by atoms with E-state index in [1.54, 1.807) is 0 Å². The van der Waals surface area contributed by atoms with Crippen molar-refractivity contribution < 1.29 is 9.47 Å². The third kappa shape index (κ3) is 5.47. The van der Waals surface area contributed by atoms with Gasteiger partial charge in [0.15, 0.2) is 23.0 Å². The van der Waals surface area contributed by atoms with Crippen molar-refractivity contribution in [3.63, 3.8) is 0 Å². The second kappa shape index (κ2) is 12.6. The molecule has 0 saturated heterocycles. The van der Waals surface area contributed by atoms with Crippen LogP contribution in [0, 0.1) is 6.92 Å². The van der Waals surface area contributed by atoms with Crippen molar-refractivity contribution in [2.75, 3.05) is 9.80 Å². The zero-order valence-electron chi connectivity index (χ0n) is 29.0. The number of hydrogen-bond acceptors (Lipinski definition) is 5. The van der Waals surface area contributed by atoms with E-state index in [1.807, 2.05) is 72.8 Å². The van der Waals surface area contributed by atoms with Crippen molar-refractivity contribution in [2.45, 2.75) is 6.92 Å². The fraction of sp³-hybridized carbons (Fsp3) is 0.0208. The van der Waals surface area contributed by atoms with Crippen LogP contribution in [0.5, 0.6) is 23.0 Å². The van der Waals surface area contributed by atoms with E-state index in [0.717, 1.165) is 90.8 Å². The molecule has 5 heteroatoms. The molecule has 0 unspecified atom stereocenters. The summed E-state index contributed by atoms with van der Waals surface area (Å²) in [5.41, 5.74) is 13.5. The molecule has 5 nitrogen and oxygen atoms in total. The minimum atomic E-state index is 0.834. The van der Waals surface area contributed by atoms with E-state index < -0.39 is 0 Å². The van der Waals surface area contributed by atoms with Crippen molar-refractivity contribution in [1.82, 2.24) is 4.98 Å². The van der Waals surface area contributed by atoms with Crippen LogP contribution in [0.1, 0.15) is 5.56 Å². The number of aromatic nitrogens is 1. The highest BCUT2D eigenvalue weighted by atomic mass is 16.5. The van der Waals surface area contributed by atoms with Gasteiger partial charge < -0.3 is 19.3 Å². The lowest BCUT2D eigenvalue weighted by molar-refractivity contribution is 0.477. The van der Waals surface area contributed by atoms with E-state index in [2.05, 4.69) is 126 Å². The number of fused-ring (bicyclic) bond motifs is 4. The van der Waals surface area contributed by atoms with Gasteiger partial charge in [0, 0.05) is 22.5 Å². The lowest BCUT2D eigenvalue weighted by Crippen LogP contribution is -2.15. The predicted octanol–water partition coefficient (Wildman–Crippen LogP) is 13.5. The number of nitrogens with zero attached hydrogens (tertiary/aromatic N) is 3. The highest BCUT2D eigenvalue weighted by molar-refractivity contribution is 5.88. The molecule has 252 valence electrons. The van der Waals surface area contributed by atoms with Crippen molar-refractivity contribution >= 4 is 34.1 Å². The first-order valence-corrected chi connectivity index (χ1v) is 17.8. The van der Waals surface area contributed by atoms with Gasteiger partial charge in [-0.25, -0.2) is 4.98 Å². The van der Waals surface area contributed by atoms with Crippen molar-refractivity contribution in [2.24, 2.45) is 0 Å².